The number of aromatic hydroxyl groups is 2. The van der Waals surface area contributed by atoms with Gasteiger partial charge in [-0.25, -0.2) is 0 Å². The average Bonchev–Trinajstić information content (AvgIpc) is 2.66. The Labute approximate surface area is 163 Å². The van der Waals surface area contributed by atoms with Gasteiger partial charge in [0, 0.05) is 5.92 Å². The first kappa shape index (κ1) is 20.8. The summed E-state index contributed by atoms with van der Waals surface area (Å²) in [5, 5.41) is 31.4. The number of phenolic OH excluding ortho intramolecular Hbond substituents is 2. The molecule has 7 heteroatoms. The smallest absolute Gasteiger partial charge is 0.321 e. The van der Waals surface area contributed by atoms with Crippen LogP contribution in [0.1, 0.15) is 24.0 Å². The van der Waals surface area contributed by atoms with E-state index in [-0.39, 0.29) is 35.4 Å². The molecule has 27 heavy (non-hydrogen) atoms. The second-order valence-corrected chi connectivity index (χ2v) is 6.73. The summed E-state index contributed by atoms with van der Waals surface area (Å²) < 4.78 is 0. The Morgan fingerprint density at radius 2 is 1.52 bits per heavy atom. The van der Waals surface area contributed by atoms with E-state index in [0.29, 0.717) is 0 Å². The number of carboxylic acid groups (broad SMARTS) is 1. The van der Waals surface area contributed by atoms with Crippen molar-refractivity contribution in [2.24, 2.45) is 0 Å². The van der Waals surface area contributed by atoms with Gasteiger partial charge in [-0.2, -0.15) is 12.6 Å². The highest BCUT2D eigenvalue weighted by Gasteiger charge is 2.30. The van der Waals surface area contributed by atoms with Crippen LogP contribution in [0.15, 0.2) is 48.5 Å². The van der Waals surface area contributed by atoms with Crippen molar-refractivity contribution >= 4 is 24.4 Å². The van der Waals surface area contributed by atoms with E-state index >= 15 is 0 Å². The first-order valence-corrected chi connectivity index (χ1v) is 9.14. The van der Waals surface area contributed by atoms with Crippen LogP contribution in [-0.4, -0.2) is 44.9 Å². The zero-order valence-electron chi connectivity index (χ0n) is 14.9. The van der Waals surface area contributed by atoms with Crippen LogP contribution in [-0.2, 0) is 16.0 Å². The Morgan fingerprint density at radius 3 is 2.00 bits per heavy atom. The number of hydrogen-bond acceptors (Lipinski definition) is 6. The lowest BCUT2D eigenvalue weighted by molar-refractivity contribution is -0.139. The first-order valence-electron chi connectivity index (χ1n) is 8.51. The number of thiol groups is 1. The Bertz CT molecular complexity index is 776. The molecule has 0 saturated carbocycles. The van der Waals surface area contributed by atoms with Crippen molar-refractivity contribution in [3.05, 3.63) is 59.7 Å². The predicted octanol–water partition coefficient (Wildman–Crippen LogP) is 2.35. The highest BCUT2D eigenvalue weighted by atomic mass is 32.1. The van der Waals surface area contributed by atoms with Gasteiger partial charge in [-0.15, -0.1) is 0 Å². The second kappa shape index (κ2) is 9.43. The highest BCUT2D eigenvalue weighted by molar-refractivity contribution is 7.81. The Balaban J connectivity index is 2.22. The normalized spacial score (nSPS) is 14.3. The molecule has 2 aromatic rings. The molecule has 144 valence electrons. The third kappa shape index (κ3) is 5.74. The number of ketones is 1. The molecule has 0 amide bonds. The lowest BCUT2D eigenvalue weighted by Gasteiger charge is -2.27. The van der Waals surface area contributed by atoms with Crippen molar-refractivity contribution in [2.45, 2.75) is 31.3 Å². The van der Waals surface area contributed by atoms with Crippen LogP contribution in [0.2, 0.25) is 0 Å². The third-order valence-electron chi connectivity index (χ3n) is 4.48. The minimum atomic E-state index is -1.07. The van der Waals surface area contributed by atoms with Crippen molar-refractivity contribution in [1.29, 1.82) is 0 Å². The maximum Gasteiger partial charge on any atom is 0.321 e. The van der Waals surface area contributed by atoms with E-state index in [1.165, 1.54) is 24.3 Å². The fourth-order valence-electron chi connectivity index (χ4n) is 2.89. The summed E-state index contributed by atoms with van der Waals surface area (Å²) in [6, 6.07) is 11.0. The summed E-state index contributed by atoms with van der Waals surface area (Å²) in [4.78, 5) is 24.2. The van der Waals surface area contributed by atoms with Crippen molar-refractivity contribution in [2.75, 3.05) is 5.75 Å². The highest BCUT2D eigenvalue weighted by Crippen LogP contribution is 2.23. The topological polar surface area (TPSA) is 107 Å². The summed E-state index contributed by atoms with van der Waals surface area (Å²) in [7, 11) is 0. The van der Waals surface area contributed by atoms with E-state index in [1.807, 2.05) is 6.92 Å². The number of aliphatic carboxylic acids is 1. The van der Waals surface area contributed by atoms with Gasteiger partial charge in [0.2, 0.25) is 0 Å². The van der Waals surface area contributed by atoms with Gasteiger partial charge in [0.15, 0.2) is 5.78 Å². The van der Waals surface area contributed by atoms with Gasteiger partial charge in [0.25, 0.3) is 0 Å². The van der Waals surface area contributed by atoms with Gasteiger partial charge in [-0.05, 0) is 41.8 Å². The summed E-state index contributed by atoms with van der Waals surface area (Å²) in [6.45, 7) is 1.82. The lowest BCUT2D eigenvalue weighted by atomic mass is 9.89. The van der Waals surface area contributed by atoms with E-state index in [1.54, 1.807) is 24.3 Å². The van der Waals surface area contributed by atoms with Gasteiger partial charge in [0.1, 0.15) is 17.5 Å². The first-order chi connectivity index (χ1) is 12.8. The molecular weight excluding hydrogens is 366 g/mol. The Morgan fingerprint density at radius 1 is 1.00 bits per heavy atom. The number of hydrogen-bond donors (Lipinski definition) is 5. The molecule has 4 N–H and O–H groups in total. The third-order valence-corrected chi connectivity index (χ3v) is 4.79. The number of rotatable bonds is 9. The molecule has 0 heterocycles. The molecule has 0 aromatic heterocycles. The maximum absolute atomic E-state index is 12.4. The van der Waals surface area contributed by atoms with Gasteiger partial charge in [-0.3, -0.25) is 14.9 Å². The largest absolute Gasteiger partial charge is 0.508 e. The monoisotopic (exact) mass is 389 g/mol. The van der Waals surface area contributed by atoms with Crippen LogP contribution in [0.3, 0.4) is 0 Å². The van der Waals surface area contributed by atoms with Crippen LogP contribution < -0.4 is 5.32 Å². The van der Waals surface area contributed by atoms with Crippen LogP contribution in [0.5, 0.6) is 11.5 Å². The zero-order chi connectivity index (χ0) is 20.0. The molecular formula is C20H23NO5S. The van der Waals surface area contributed by atoms with E-state index in [9.17, 15) is 24.9 Å². The van der Waals surface area contributed by atoms with E-state index in [0.717, 1.165) is 11.1 Å². The molecule has 0 fully saturated rings. The van der Waals surface area contributed by atoms with Crippen LogP contribution in [0.4, 0.5) is 0 Å². The summed E-state index contributed by atoms with van der Waals surface area (Å²) in [5.41, 5.74) is 1.52. The molecule has 2 rings (SSSR count). The number of carboxylic acids is 1. The molecule has 6 nitrogen and oxygen atoms in total. The average molecular weight is 389 g/mol. The molecule has 2 aromatic carbocycles. The molecule has 0 aliphatic heterocycles. The maximum atomic E-state index is 12.4. The summed E-state index contributed by atoms with van der Waals surface area (Å²) >= 11 is 4.06. The zero-order valence-corrected chi connectivity index (χ0v) is 15.8. The van der Waals surface area contributed by atoms with E-state index < -0.39 is 18.1 Å². The second-order valence-electron chi connectivity index (χ2n) is 6.41. The van der Waals surface area contributed by atoms with Gasteiger partial charge in [-0.1, -0.05) is 31.2 Å². The number of carbonyl (C=O) groups excluding carboxylic acids is 1. The van der Waals surface area contributed by atoms with Crippen molar-refractivity contribution in [1.82, 2.24) is 5.32 Å². The summed E-state index contributed by atoms with van der Waals surface area (Å²) in [6.07, 6.45) is 0.161. The fraction of sp³-hybridized carbons (Fsp3) is 0.300. The molecule has 0 bridgehead atoms. The minimum Gasteiger partial charge on any atom is -0.508 e. The van der Waals surface area contributed by atoms with Crippen LogP contribution >= 0.6 is 12.6 Å². The van der Waals surface area contributed by atoms with E-state index in [4.69, 9.17) is 0 Å². The quantitative estimate of drug-likeness (QED) is 0.422. The molecule has 0 spiro atoms. The number of nitrogens with one attached hydrogen (secondary N) is 1. The molecule has 0 saturated heterocycles. The Kier molecular flexibility index (Phi) is 7.27. The molecule has 0 radical (unpaired) electrons. The molecule has 0 aliphatic rings. The predicted molar refractivity (Wildman–Crippen MR) is 106 cm³/mol. The summed E-state index contributed by atoms with van der Waals surface area (Å²) in [5.74, 6) is -1.40. The lowest BCUT2D eigenvalue weighted by Crippen LogP contribution is -2.51. The number of phenols is 2. The van der Waals surface area contributed by atoms with Crippen molar-refractivity contribution < 1.29 is 24.9 Å². The minimum absolute atomic E-state index is 0.0222. The Hall–Kier alpha value is -2.51. The van der Waals surface area contributed by atoms with Crippen molar-refractivity contribution in [3.63, 3.8) is 0 Å². The van der Waals surface area contributed by atoms with Gasteiger partial charge in [0.05, 0.1) is 11.8 Å². The SMILES string of the molecule is CC(c1ccc(O)cc1)C(N[C@@H](Cc1ccc(O)cc1)C(=O)O)C(=O)CS. The van der Waals surface area contributed by atoms with Gasteiger partial charge >= 0.3 is 5.97 Å². The standard InChI is InChI=1S/C20H23NO5S/c1-12(14-4-8-16(23)9-5-14)19(18(24)11-27)21-17(20(25)26)10-13-2-6-15(22)7-3-13/h2-9,12,17,19,21-23,27H,10-11H2,1H3,(H,25,26)/t12?,17-,19?/m0/s1. The molecule has 3 atom stereocenters. The number of carbonyl (C=O) groups is 2. The van der Waals surface area contributed by atoms with E-state index in [2.05, 4.69) is 17.9 Å². The number of Topliss-reactive ketones (excluding diaryl/α,β-unsaturated/α-hetero) is 1. The van der Waals surface area contributed by atoms with Crippen LogP contribution in [0.25, 0.3) is 0 Å². The van der Waals surface area contributed by atoms with Gasteiger partial charge < -0.3 is 15.3 Å². The molecule has 2 unspecified atom stereocenters. The van der Waals surface area contributed by atoms with Crippen LogP contribution in [0, 0.1) is 0 Å². The number of benzene rings is 2. The van der Waals surface area contributed by atoms with Crippen molar-refractivity contribution in [3.8, 4) is 11.5 Å². The molecule has 0 aliphatic carbocycles. The fourth-order valence-corrected chi connectivity index (χ4v) is 3.08.